The molecule has 1 unspecified atom stereocenters. The van der Waals surface area contributed by atoms with Gasteiger partial charge in [-0.25, -0.2) is 0 Å². The van der Waals surface area contributed by atoms with Gasteiger partial charge in [0.2, 0.25) is 0 Å². The van der Waals surface area contributed by atoms with Gasteiger partial charge < -0.3 is 5.32 Å². The molecular formula is C12H25N. The average Bonchev–Trinajstić information content (AvgIpc) is 2.28. The largest absolute Gasteiger partial charge is 0.317 e. The molecule has 1 nitrogen and oxygen atoms in total. The molecule has 1 fully saturated rings. The number of nitrogens with one attached hydrogen (secondary N) is 1. The summed E-state index contributed by atoms with van der Waals surface area (Å²) in [5.41, 5.74) is 0.633. The van der Waals surface area contributed by atoms with E-state index < -0.39 is 0 Å². The van der Waals surface area contributed by atoms with E-state index in [1.165, 1.54) is 45.2 Å². The minimum absolute atomic E-state index is 0.633. The molecular weight excluding hydrogens is 158 g/mol. The molecule has 78 valence electrons. The summed E-state index contributed by atoms with van der Waals surface area (Å²) in [5.74, 6) is 0.869. The molecule has 1 aliphatic heterocycles. The van der Waals surface area contributed by atoms with E-state index in [0.717, 1.165) is 5.92 Å². The molecule has 0 aromatic rings. The Morgan fingerprint density at radius 1 is 1.23 bits per heavy atom. The highest BCUT2D eigenvalue weighted by Crippen LogP contribution is 2.34. The van der Waals surface area contributed by atoms with E-state index in [1.807, 2.05) is 0 Å². The van der Waals surface area contributed by atoms with Crippen LogP contribution in [-0.2, 0) is 0 Å². The van der Waals surface area contributed by atoms with Crippen LogP contribution in [0.3, 0.4) is 0 Å². The summed E-state index contributed by atoms with van der Waals surface area (Å²) < 4.78 is 0. The molecule has 0 radical (unpaired) electrons. The molecule has 0 aliphatic carbocycles. The first-order valence-corrected chi connectivity index (χ1v) is 5.83. The minimum atomic E-state index is 0.633. The Labute approximate surface area is 83.3 Å². The van der Waals surface area contributed by atoms with Crippen LogP contribution in [0, 0.1) is 11.3 Å². The molecule has 1 heterocycles. The molecule has 0 spiro atoms. The van der Waals surface area contributed by atoms with Gasteiger partial charge in [0.15, 0.2) is 0 Å². The molecule has 1 N–H and O–H groups in total. The molecule has 0 aromatic carbocycles. The Hall–Kier alpha value is -0.0400. The molecule has 1 saturated heterocycles. The van der Waals surface area contributed by atoms with Crippen molar-refractivity contribution in [3.63, 3.8) is 0 Å². The molecule has 0 saturated carbocycles. The van der Waals surface area contributed by atoms with Crippen LogP contribution >= 0.6 is 0 Å². The molecule has 13 heavy (non-hydrogen) atoms. The maximum absolute atomic E-state index is 3.49. The van der Waals surface area contributed by atoms with Gasteiger partial charge in [-0.05, 0) is 50.1 Å². The second-order valence-corrected chi connectivity index (χ2v) is 5.35. The molecule has 1 atom stereocenters. The Morgan fingerprint density at radius 2 is 2.00 bits per heavy atom. The highest BCUT2D eigenvalue weighted by atomic mass is 14.9. The van der Waals surface area contributed by atoms with Gasteiger partial charge in [0, 0.05) is 0 Å². The predicted octanol–water partition coefficient (Wildman–Crippen LogP) is 3.20. The zero-order chi connectivity index (χ0) is 9.73. The van der Waals surface area contributed by atoms with Gasteiger partial charge in [-0.3, -0.25) is 0 Å². The first-order valence-electron chi connectivity index (χ1n) is 5.83. The second kappa shape index (κ2) is 4.99. The summed E-state index contributed by atoms with van der Waals surface area (Å²) in [6, 6.07) is 0. The standard InChI is InChI=1S/C12H25N/c1-11(2)5-7-12(3)6-4-9-13-10-8-12/h11,13H,4-10H2,1-3H3. The summed E-state index contributed by atoms with van der Waals surface area (Å²) >= 11 is 0. The third kappa shape index (κ3) is 4.12. The quantitative estimate of drug-likeness (QED) is 0.708. The third-order valence-corrected chi connectivity index (χ3v) is 3.36. The van der Waals surface area contributed by atoms with E-state index in [4.69, 9.17) is 0 Å². The summed E-state index contributed by atoms with van der Waals surface area (Å²) in [5, 5.41) is 3.49. The lowest BCUT2D eigenvalue weighted by atomic mass is 9.77. The Balaban J connectivity index is 2.33. The third-order valence-electron chi connectivity index (χ3n) is 3.36. The van der Waals surface area contributed by atoms with Gasteiger partial charge >= 0.3 is 0 Å². The van der Waals surface area contributed by atoms with Crippen LogP contribution in [-0.4, -0.2) is 13.1 Å². The van der Waals surface area contributed by atoms with E-state index in [-0.39, 0.29) is 0 Å². The predicted molar refractivity (Wildman–Crippen MR) is 58.9 cm³/mol. The Kier molecular flexibility index (Phi) is 4.24. The fraction of sp³-hybridized carbons (Fsp3) is 1.00. The van der Waals surface area contributed by atoms with Crippen molar-refractivity contribution in [3.8, 4) is 0 Å². The maximum atomic E-state index is 3.49. The van der Waals surface area contributed by atoms with E-state index >= 15 is 0 Å². The van der Waals surface area contributed by atoms with Crippen LogP contribution < -0.4 is 5.32 Å². The van der Waals surface area contributed by atoms with Crippen molar-refractivity contribution < 1.29 is 0 Å². The fourth-order valence-electron chi connectivity index (χ4n) is 2.17. The van der Waals surface area contributed by atoms with Crippen molar-refractivity contribution in [2.75, 3.05) is 13.1 Å². The summed E-state index contributed by atoms with van der Waals surface area (Å²) in [6.07, 6.45) is 6.99. The topological polar surface area (TPSA) is 12.0 Å². The van der Waals surface area contributed by atoms with Crippen molar-refractivity contribution in [1.29, 1.82) is 0 Å². The van der Waals surface area contributed by atoms with E-state index in [0.29, 0.717) is 5.41 Å². The van der Waals surface area contributed by atoms with Crippen LogP contribution in [0.25, 0.3) is 0 Å². The van der Waals surface area contributed by atoms with Crippen molar-refractivity contribution in [3.05, 3.63) is 0 Å². The zero-order valence-corrected chi connectivity index (χ0v) is 9.53. The van der Waals surface area contributed by atoms with Crippen molar-refractivity contribution in [2.45, 2.75) is 52.9 Å². The van der Waals surface area contributed by atoms with Gasteiger partial charge in [-0.2, -0.15) is 0 Å². The highest BCUT2D eigenvalue weighted by Gasteiger charge is 2.24. The first-order chi connectivity index (χ1) is 6.12. The lowest BCUT2D eigenvalue weighted by Gasteiger charge is -2.28. The van der Waals surface area contributed by atoms with Crippen LogP contribution in [0.5, 0.6) is 0 Å². The summed E-state index contributed by atoms with van der Waals surface area (Å²) in [4.78, 5) is 0. The highest BCUT2D eigenvalue weighted by molar-refractivity contribution is 4.78. The van der Waals surface area contributed by atoms with Gasteiger partial charge in [0.05, 0.1) is 0 Å². The number of hydrogen-bond acceptors (Lipinski definition) is 1. The Bertz CT molecular complexity index is 132. The first kappa shape index (κ1) is 11.0. The number of rotatable bonds is 3. The molecule has 1 rings (SSSR count). The van der Waals surface area contributed by atoms with Gasteiger partial charge in [-0.15, -0.1) is 0 Å². The molecule has 1 aliphatic rings. The SMILES string of the molecule is CC(C)CCC1(C)CCCNCC1. The average molecular weight is 183 g/mol. The molecule has 0 aromatic heterocycles. The van der Waals surface area contributed by atoms with Crippen LogP contribution in [0.2, 0.25) is 0 Å². The minimum Gasteiger partial charge on any atom is -0.317 e. The van der Waals surface area contributed by atoms with Crippen LogP contribution in [0.1, 0.15) is 52.9 Å². The molecule has 1 heteroatoms. The van der Waals surface area contributed by atoms with E-state index in [1.54, 1.807) is 0 Å². The van der Waals surface area contributed by atoms with Crippen LogP contribution in [0.4, 0.5) is 0 Å². The summed E-state index contributed by atoms with van der Waals surface area (Å²) in [7, 11) is 0. The maximum Gasteiger partial charge on any atom is -0.00437 e. The molecule has 0 bridgehead atoms. The van der Waals surface area contributed by atoms with Gasteiger partial charge in [-0.1, -0.05) is 27.2 Å². The normalized spacial score (nSPS) is 30.5. The van der Waals surface area contributed by atoms with Crippen LogP contribution in [0.15, 0.2) is 0 Å². The monoisotopic (exact) mass is 183 g/mol. The van der Waals surface area contributed by atoms with E-state index in [9.17, 15) is 0 Å². The Morgan fingerprint density at radius 3 is 2.69 bits per heavy atom. The fourth-order valence-corrected chi connectivity index (χ4v) is 2.17. The van der Waals surface area contributed by atoms with Crippen molar-refractivity contribution in [2.24, 2.45) is 11.3 Å². The van der Waals surface area contributed by atoms with E-state index in [2.05, 4.69) is 26.1 Å². The van der Waals surface area contributed by atoms with Crippen molar-refractivity contribution in [1.82, 2.24) is 5.32 Å². The van der Waals surface area contributed by atoms with Gasteiger partial charge in [0.1, 0.15) is 0 Å². The second-order valence-electron chi connectivity index (χ2n) is 5.35. The molecule has 0 amide bonds. The van der Waals surface area contributed by atoms with Crippen molar-refractivity contribution >= 4 is 0 Å². The smallest absolute Gasteiger partial charge is 0.00437 e. The zero-order valence-electron chi connectivity index (χ0n) is 9.53. The van der Waals surface area contributed by atoms with Gasteiger partial charge in [0.25, 0.3) is 0 Å². The lowest BCUT2D eigenvalue weighted by molar-refractivity contribution is 0.242. The number of hydrogen-bond donors (Lipinski definition) is 1. The summed E-state index contributed by atoms with van der Waals surface area (Å²) in [6.45, 7) is 9.60. The lowest BCUT2D eigenvalue weighted by Crippen LogP contribution is -2.20.